The molecule has 4 saturated carbocycles. The second-order valence-corrected chi connectivity index (χ2v) is 20.9. The first-order valence-electron chi connectivity index (χ1n) is 31.2. The molecule has 4 fully saturated rings. The molecule has 0 aliphatic heterocycles. The van der Waals surface area contributed by atoms with Crippen LogP contribution in [0.5, 0.6) is 0 Å². The Balaban J connectivity index is -0.000000156. The van der Waals surface area contributed by atoms with Crippen molar-refractivity contribution >= 4 is 0 Å². The maximum atomic E-state index is 2.42. The second-order valence-electron chi connectivity index (χ2n) is 20.9. The molecule has 0 aromatic carbocycles. The summed E-state index contributed by atoms with van der Waals surface area (Å²) in [6.07, 6.45) is 45.8. The van der Waals surface area contributed by atoms with Crippen LogP contribution < -0.4 is 0 Å². The number of hydrogen-bond acceptors (Lipinski definition) is 0. The van der Waals surface area contributed by atoms with E-state index in [-0.39, 0.29) is 0 Å². The predicted molar refractivity (Wildman–Crippen MR) is 317 cm³/mol. The monoisotopic (exact) mass is 933 g/mol. The van der Waals surface area contributed by atoms with Gasteiger partial charge < -0.3 is 0 Å². The number of rotatable bonds is 6. The van der Waals surface area contributed by atoms with Gasteiger partial charge in [0.25, 0.3) is 0 Å². The average Bonchev–Trinajstić information content (AvgIpc) is 3.98. The maximum Gasteiger partial charge on any atom is -0.0260 e. The first-order valence-corrected chi connectivity index (χ1v) is 31.2. The Hall–Kier alpha value is -0.520. The summed E-state index contributed by atoms with van der Waals surface area (Å²) in [4.78, 5) is 0. The third kappa shape index (κ3) is 48.5. The Bertz CT molecular complexity index is 843. The molecule has 66 heavy (non-hydrogen) atoms. The van der Waals surface area contributed by atoms with Crippen molar-refractivity contribution in [3.63, 3.8) is 0 Å². The molecular formula is C66H140. The first-order chi connectivity index (χ1) is 31.8. The molecule has 6 aliphatic rings. The molecule has 0 bridgehead atoms. The van der Waals surface area contributed by atoms with Crippen LogP contribution in [0.1, 0.15) is 346 Å². The zero-order valence-electron chi connectivity index (χ0n) is 51.7. The highest BCUT2D eigenvalue weighted by atomic mass is 14.2. The highest BCUT2D eigenvalue weighted by Gasteiger charge is 2.18. The summed E-state index contributed by atoms with van der Waals surface area (Å²) in [5.74, 6) is 9.54. The molecule has 404 valence electrons. The summed E-state index contributed by atoms with van der Waals surface area (Å²) >= 11 is 0. The van der Waals surface area contributed by atoms with Gasteiger partial charge >= 0.3 is 0 Å². The molecular weight excluding hydrogens is 793 g/mol. The quantitative estimate of drug-likeness (QED) is 0.184. The number of allylic oxidation sites excluding steroid dienone is 4. The summed E-state index contributed by atoms with van der Waals surface area (Å²) in [5.41, 5.74) is 3.35. The first kappa shape index (κ1) is 77.0. The van der Waals surface area contributed by atoms with Gasteiger partial charge in [-0.3, -0.25) is 0 Å². The lowest BCUT2D eigenvalue weighted by atomic mass is 9.82. The Kier molecular flexibility index (Phi) is 70.7. The normalized spacial score (nSPS) is 18.6. The standard InChI is InChI=1S/2C10H20.C9H18.C9H16.C8H16.C8H14.6C2H6/c2*1-9(2)10-7-5-3-4-6-8-10;2*1-8(2)9-6-4-3-5-7-9;2*1-7(2)8-5-3-4-6-8;6*1-2/h2*9-10H,3-8H2,1-2H3;8-9H,3-7H2,1-2H3;6,8H,3-5,7H2,1-2H3;7-8H,3-6H2,1-2H3;5,7H,3-4,6H2,1-2H3;6*1-2H3. The van der Waals surface area contributed by atoms with E-state index in [0.717, 1.165) is 59.2 Å². The molecule has 0 saturated heterocycles. The van der Waals surface area contributed by atoms with E-state index in [9.17, 15) is 0 Å². The third-order valence-electron chi connectivity index (χ3n) is 14.5. The van der Waals surface area contributed by atoms with Gasteiger partial charge in [0, 0.05) is 0 Å². The van der Waals surface area contributed by atoms with E-state index in [1.165, 1.54) is 180 Å². The zero-order valence-corrected chi connectivity index (χ0v) is 51.7. The van der Waals surface area contributed by atoms with E-state index >= 15 is 0 Å². The smallest absolute Gasteiger partial charge is 0.0260 e. The van der Waals surface area contributed by atoms with Crippen molar-refractivity contribution in [1.29, 1.82) is 0 Å². The molecule has 0 atom stereocenters. The minimum Gasteiger partial charge on any atom is -0.0851 e. The van der Waals surface area contributed by atoms with Crippen molar-refractivity contribution in [3.05, 3.63) is 23.3 Å². The zero-order chi connectivity index (χ0) is 52.1. The Morgan fingerprint density at radius 2 is 0.455 bits per heavy atom. The van der Waals surface area contributed by atoms with Crippen LogP contribution in [-0.2, 0) is 0 Å². The van der Waals surface area contributed by atoms with Gasteiger partial charge in [-0.2, -0.15) is 0 Å². The lowest BCUT2D eigenvalue weighted by molar-refractivity contribution is 0.279. The largest absolute Gasteiger partial charge is 0.0851 e. The summed E-state index contributed by atoms with van der Waals surface area (Å²) < 4.78 is 0. The van der Waals surface area contributed by atoms with Crippen molar-refractivity contribution < 1.29 is 0 Å². The van der Waals surface area contributed by atoms with Crippen LogP contribution in [-0.4, -0.2) is 0 Å². The summed E-state index contributed by atoms with van der Waals surface area (Å²) in [6, 6.07) is 0. The minimum atomic E-state index is 0.797. The molecule has 0 unspecified atom stereocenters. The Morgan fingerprint density at radius 1 is 0.258 bits per heavy atom. The van der Waals surface area contributed by atoms with Gasteiger partial charge in [0.2, 0.25) is 0 Å². The fourth-order valence-electron chi connectivity index (χ4n) is 9.99. The van der Waals surface area contributed by atoms with Gasteiger partial charge in [-0.05, 0) is 104 Å². The summed E-state index contributed by atoms with van der Waals surface area (Å²) in [5, 5.41) is 0. The predicted octanol–water partition coefficient (Wildman–Crippen LogP) is 25.3. The lowest BCUT2D eigenvalue weighted by Crippen LogP contribution is -2.12. The van der Waals surface area contributed by atoms with Crippen molar-refractivity contribution in [2.24, 2.45) is 59.2 Å². The molecule has 6 aliphatic carbocycles. The van der Waals surface area contributed by atoms with Crippen LogP contribution in [0.15, 0.2) is 23.3 Å². The molecule has 0 radical (unpaired) electrons. The van der Waals surface area contributed by atoms with Crippen molar-refractivity contribution in [1.82, 2.24) is 0 Å². The molecule has 0 spiro atoms. The molecule has 0 amide bonds. The second kappa shape index (κ2) is 60.6. The number of hydrogen-bond donors (Lipinski definition) is 0. The van der Waals surface area contributed by atoms with E-state index in [4.69, 9.17) is 0 Å². The third-order valence-corrected chi connectivity index (χ3v) is 14.5. The van der Waals surface area contributed by atoms with Gasteiger partial charge in [0.15, 0.2) is 0 Å². The molecule has 0 aromatic rings. The van der Waals surface area contributed by atoms with Crippen LogP contribution in [0, 0.1) is 59.2 Å². The van der Waals surface area contributed by atoms with E-state index in [1.807, 2.05) is 83.1 Å². The van der Waals surface area contributed by atoms with Gasteiger partial charge in [-0.1, -0.05) is 324 Å². The topological polar surface area (TPSA) is 0 Å². The van der Waals surface area contributed by atoms with Gasteiger partial charge in [0.1, 0.15) is 0 Å². The van der Waals surface area contributed by atoms with Crippen molar-refractivity contribution in [3.8, 4) is 0 Å². The molecule has 0 nitrogen and oxygen atoms in total. The highest BCUT2D eigenvalue weighted by molar-refractivity contribution is 5.09. The van der Waals surface area contributed by atoms with Gasteiger partial charge in [-0.25, -0.2) is 0 Å². The molecule has 6 rings (SSSR count). The van der Waals surface area contributed by atoms with Gasteiger partial charge in [-0.15, -0.1) is 0 Å². The SMILES string of the molecule is CC.CC.CC.CC.CC.CC.CC(C)C1=CCCC1.CC(C)C1=CCCCC1.CC(C)C1CCCC1.CC(C)C1CCCCC1.CC(C)C1CCCCCC1.CC(C)C1CCCCCC1. The summed E-state index contributed by atoms with van der Waals surface area (Å²) in [7, 11) is 0. The average molecular weight is 934 g/mol. The van der Waals surface area contributed by atoms with E-state index < -0.39 is 0 Å². The van der Waals surface area contributed by atoms with Crippen molar-refractivity contribution in [2.45, 2.75) is 346 Å². The maximum absolute atomic E-state index is 2.42. The van der Waals surface area contributed by atoms with Crippen molar-refractivity contribution in [2.75, 3.05) is 0 Å². The Morgan fingerprint density at radius 3 is 0.621 bits per heavy atom. The minimum absolute atomic E-state index is 0.797. The van der Waals surface area contributed by atoms with E-state index in [0.29, 0.717) is 0 Å². The molecule has 0 N–H and O–H groups in total. The lowest BCUT2D eigenvalue weighted by Gasteiger charge is -2.24. The molecule has 0 heterocycles. The van der Waals surface area contributed by atoms with E-state index in [1.54, 1.807) is 11.1 Å². The fraction of sp³-hybridized carbons (Fsp3) is 0.939. The Labute approximate surface area is 426 Å². The highest BCUT2D eigenvalue weighted by Crippen LogP contribution is 2.32. The van der Waals surface area contributed by atoms with Crippen LogP contribution in [0.25, 0.3) is 0 Å². The van der Waals surface area contributed by atoms with Crippen LogP contribution in [0.3, 0.4) is 0 Å². The molecule has 0 heteroatoms. The van der Waals surface area contributed by atoms with Crippen LogP contribution in [0.4, 0.5) is 0 Å². The van der Waals surface area contributed by atoms with Crippen LogP contribution >= 0.6 is 0 Å². The molecule has 0 aromatic heterocycles. The van der Waals surface area contributed by atoms with Gasteiger partial charge in [0.05, 0.1) is 0 Å². The summed E-state index contributed by atoms with van der Waals surface area (Å²) in [6.45, 7) is 52.0. The fourth-order valence-corrected chi connectivity index (χ4v) is 9.99. The van der Waals surface area contributed by atoms with Crippen LogP contribution in [0.2, 0.25) is 0 Å². The van der Waals surface area contributed by atoms with E-state index in [2.05, 4.69) is 95.2 Å².